The molecule has 1 fully saturated rings. The second-order valence-electron chi connectivity index (χ2n) is 3.15. The molecule has 12 heavy (non-hydrogen) atoms. The van der Waals surface area contributed by atoms with Crippen LogP contribution in [0.25, 0.3) is 0 Å². The monoisotopic (exact) mass is 173 g/mol. The van der Waals surface area contributed by atoms with Crippen LogP contribution in [0.15, 0.2) is 0 Å². The topological polar surface area (TPSA) is 30.5 Å². The van der Waals surface area contributed by atoms with Crippen molar-refractivity contribution in [1.82, 2.24) is 5.32 Å². The minimum atomic E-state index is -0.0580. The van der Waals surface area contributed by atoms with Gasteiger partial charge in [0.1, 0.15) is 0 Å². The highest BCUT2D eigenvalue weighted by Gasteiger charge is 2.14. The molecule has 0 unspecified atom stereocenters. The van der Waals surface area contributed by atoms with E-state index in [4.69, 9.17) is 9.47 Å². The molecule has 0 aromatic carbocycles. The van der Waals surface area contributed by atoms with Crippen LogP contribution in [0, 0.1) is 0 Å². The molecule has 0 saturated carbocycles. The lowest BCUT2D eigenvalue weighted by Gasteiger charge is -2.16. The lowest BCUT2D eigenvalue weighted by atomic mass is 10.2. The predicted octanol–water partition coefficient (Wildman–Crippen LogP) is 1.14. The van der Waals surface area contributed by atoms with Crippen LogP contribution < -0.4 is 5.32 Å². The fourth-order valence-electron chi connectivity index (χ4n) is 1.43. The van der Waals surface area contributed by atoms with Crippen molar-refractivity contribution < 1.29 is 9.47 Å². The molecule has 0 aromatic heterocycles. The largest absolute Gasteiger partial charge is 0.353 e. The third kappa shape index (κ3) is 3.52. The number of hydrogen-bond acceptors (Lipinski definition) is 3. The first kappa shape index (κ1) is 9.96. The van der Waals surface area contributed by atoms with Crippen molar-refractivity contribution >= 4 is 0 Å². The zero-order valence-electron chi connectivity index (χ0n) is 8.01. The smallest absolute Gasteiger partial charge is 0.154 e. The molecule has 0 spiro atoms. The highest BCUT2D eigenvalue weighted by Crippen LogP contribution is 2.06. The van der Waals surface area contributed by atoms with Gasteiger partial charge in [0.2, 0.25) is 0 Å². The van der Waals surface area contributed by atoms with Gasteiger partial charge in [0, 0.05) is 12.6 Å². The van der Waals surface area contributed by atoms with E-state index >= 15 is 0 Å². The molecule has 0 aliphatic carbocycles. The molecule has 1 heterocycles. The SMILES string of the molecule is CCO[C@@H](C)OC[C@H]1CCCN1. The average Bonchev–Trinajstić information content (AvgIpc) is 2.53. The summed E-state index contributed by atoms with van der Waals surface area (Å²) in [6.07, 6.45) is 2.45. The molecular formula is C9H19NO2. The summed E-state index contributed by atoms with van der Waals surface area (Å²) in [6.45, 7) is 6.56. The summed E-state index contributed by atoms with van der Waals surface area (Å²) >= 11 is 0. The molecule has 72 valence electrons. The summed E-state index contributed by atoms with van der Waals surface area (Å²) in [4.78, 5) is 0. The van der Waals surface area contributed by atoms with Crippen molar-refractivity contribution in [2.75, 3.05) is 19.8 Å². The Morgan fingerprint density at radius 1 is 1.50 bits per heavy atom. The van der Waals surface area contributed by atoms with Crippen LogP contribution in [0.5, 0.6) is 0 Å². The minimum absolute atomic E-state index is 0.0580. The second-order valence-corrected chi connectivity index (χ2v) is 3.15. The number of ether oxygens (including phenoxy) is 2. The molecule has 0 amide bonds. The zero-order valence-corrected chi connectivity index (χ0v) is 8.01. The molecule has 2 atom stereocenters. The van der Waals surface area contributed by atoms with Crippen molar-refractivity contribution in [2.24, 2.45) is 0 Å². The molecule has 0 radical (unpaired) electrons. The van der Waals surface area contributed by atoms with Crippen LogP contribution in [-0.4, -0.2) is 32.1 Å². The molecule has 1 N–H and O–H groups in total. The maximum Gasteiger partial charge on any atom is 0.154 e. The van der Waals surface area contributed by atoms with E-state index < -0.39 is 0 Å². The summed E-state index contributed by atoms with van der Waals surface area (Å²) < 4.78 is 10.7. The highest BCUT2D eigenvalue weighted by atomic mass is 16.7. The zero-order chi connectivity index (χ0) is 8.81. The highest BCUT2D eigenvalue weighted by molar-refractivity contribution is 4.73. The van der Waals surface area contributed by atoms with E-state index in [0.717, 1.165) is 19.8 Å². The molecule has 1 saturated heterocycles. The summed E-state index contributed by atoms with van der Waals surface area (Å²) in [7, 11) is 0. The fraction of sp³-hybridized carbons (Fsp3) is 1.00. The van der Waals surface area contributed by atoms with Gasteiger partial charge >= 0.3 is 0 Å². The molecule has 0 bridgehead atoms. The Labute approximate surface area is 74.4 Å². The fourth-order valence-corrected chi connectivity index (χ4v) is 1.43. The maximum atomic E-state index is 5.48. The molecule has 3 heteroatoms. The Morgan fingerprint density at radius 2 is 2.33 bits per heavy atom. The van der Waals surface area contributed by atoms with Gasteiger partial charge in [0.05, 0.1) is 6.61 Å². The third-order valence-corrected chi connectivity index (χ3v) is 2.10. The van der Waals surface area contributed by atoms with Gasteiger partial charge in [-0.15, -0.1) is 0 Å². The Kier molecular flexibility index (Phi) is 4.58. The van der Waals surface area contributed by atoms with Crippen molar-refractivity contribution in [3.63, 3.8) is 0 Å². The normalized spacial score (nSPS) is 26.0. The van der Waals surface area contributed by atoms with Crippen LogP contribution in [0.2, 0.25) is 0 Å². The van der Waals surface area contributed by atoms with Gasteiger partial charge in [0.25, 0.3) is 0 Å². The van der Waals surface area contributed by atoms with E-state index in [1.54, 1.807) is 0 Å². The van der Waals surface area contributed by atoms with Gasteiger partial charge in [-0.25, -0.2) is 0 Å². The Balaban J connectivity index is 1.99. The van der Waals surface area contributed by atoms with E-state index in [2.05, 4.69) is 5.32 Å². The van der Waals surface area contributed by atoms with Crippen LogP contribution >= 0.6 is 0 Å². The molecule has 3 nitrogen and oxygen atoms in total. The van der Waals surface area contributed by atoms with E-state index in [9.17, 15) is 0 Å². The van der Waals surface area contributed by atoms with E-state index in [1.807, 2.05) is 13.8 Å². The lowest BCUT2D eigenvalue weighted by Crippen LogP contribution is -2.29. The Hall–Kier alpha value is -0.120. The first-order chi connectivity index (χ1) is 5.83. The van der Waals surface area contributed by atoms with Gasteiger partial charge in [0.15, 0.2) is 6.29 Å². The van der Waals surface area contributed by atoms with E-state index in [1.165, 1.54) is 12.8 Å². The first-order valence-corrected chi connectivity index (χ1v) is 4.79. The molecule has 1 aliphatic heterocycles. The summed E-state index contributed by atoms with van der Waals surface area (Å²) in [5.41, 5.74) is 0. The maximum absolute atomic E-state index is 5.48. The average molecular weight is 173 g/mol. The van der Waals surface area contributed by atoms with Crippen LogP contribution in [0.1, 0.15) is 26.7 Å². The van der Waals surface area contributed by atoms with Crippen LogP contribution in [0.4, 0.5) is 0 Å². The van der Waals surface area contributed by atoms with Gasteiger partial charge in [-0.05, 0) is 33.2 Å². The third-order valence-electron chi connectivity index (χ3n) is 2.10. The van der Waals surface area contributed by atoms with Crippen molar-refractivity contribution in [3.8, 4) is 0 Å². The summed E-state index contributed by atoms with van der Waals surface area (Å²) in [6, 6.07) is 0.549. The number of nitrogens with one attached hydrogen (secondary N) is 1. The summed E-state index contributed by atoms with van der Waals surface area (Å²) in [5.74, 6) is 0. The van der Waals surface area contributed by atoms with E-state index in [-0.39, 0.29) is 6.29 Å². The predicted molar refractivity (Wildman–Crippen MR) is 48.1 cm³/mol. The molecular weight excluding hydrogens is 154 g/mol. The van der Waals surface area contributed by atoms with Crippen LogP contribution in [-0.2, 0) is 9.47 Å². The van der Waals surface area contributed by atoms with E-state index in [0.29, 0.717) is 6.04 Å². The summed E-state index contributed by atoms with van der Waals surface area (Å²) in [5, 5.41) is 3.37. The molecule has 1 rings (SSSR count). The standard InChI is InChI=1S/C9H19NO2/c1-3-11-8(2)12-7-9-5-4-6-10-9/h8-10H,3-7H2,1-2H3/t8-,9-/m1/s1. The molecule has 0 aromatic rings. The van der Waals surface area contributed by atoms with Gasteiger partial charge in [-0.2, -0.15) is 0 Å². The van der Waals surface area contributed by atoms with Crippen molar-refractivity contribution in [2.45, 2.75) is 39.0 Å². The molecule has 1 aliphatic rings. The van der Waals surface area contributed by atoms with Crippen molar-refractivity contribution in [3.05, 3.63) is 0 Å². The Bertz CT molecular complexity index is 113. The minimum Gasteiger partial charge on any atom is -0.353 e. The Morgan fingerprint density at radius 3 is 2.92 bits per heavy atom. The number of rotatable bonds is 5. The lowest BCUT2D eigenvalue weighted by molar-refractivity contribution is -0.130. The van der Waals surface area contributed by atoms with Gasteiger partial charge in [-0.3, -0.25) is 0 Å². The van der Waals surface area contributed by atoms with Gasteiger partial charge in [-0.1, -0.05) is 0 Å². The quantitative estimate of drug-likeness (QED) is 0.632. The second kappa shape index (κ2) is 5.51. The van der Waals surface area contributed by atoms with Gasteiger partial charge < -0.3 is 14.8 Å². The number of hydrogen-bond donors (Lipinski definition) is 1. The first-order valence-electron chi connectivity index (χ1n) is 4.79. The van der Waals surface area contributed by atoms with Crippen LogP contribution in [0.3, 0.4) is 0 Å². The van der Waals surface area contributed by atoms with Crippen molar-refractivity contribution in [1.29, 1.82) is 0 Å².